The summed E-state index contributed by atoms with van der Waals surface area (Å²) in [4.78, 5) is 10.5. The van der Waals surface area contributed by atoms with Gasteiger partial charge in [-0.25, -0.2) is 4.79 Å². The van der Waals surface area contributed by atoms with Crippen molar-refractivity contribution >= 4 is 5.97 Å². The van der Waals surface area contributed by atoms with E-state index in [2.05, 4.69) is 5.10 Å². The first-order chi connectivity index (χ1) is 6.16. The summed E-state index contributed by atoms with van der Waals surface area (Å²) in [6, 6.07) is 1.51. The molecule has 0 fully saturated rings. The van der Waals surface area contributed by atoms with Gasteiger partial charge in [-0.1, -0.05) is 6.92 Å². The number of aliphatic carboxylic acids is 1. The Kier molecular flexibility index (Phi) is 3.02. The van der Waals surface area contributed by atoms with E-state index in [-0.39, 0.29) is 0 Å². The molecule has 1 aromatic heterocycles. The second kappa shape index (κ2) is 4.04. The van der Waals surface area contributed by atoms with E-state index in [1.54, 1.807) is 0 Å². The molecule has 0 aliphatic rings. The Bertz CT molecular complexity index is 295. The smallest absolute Gasteiger partial charge is 0.338 e. The minimum atomic E-state index is -1.48. The fourth-order valence-electron chi connectivity index (χ4n) is 1.10. The Balaban J connectivity index is 2.86. The zero-order valence-corrected chi connectivity index (χ0v) is 7.34. The molecule has 72 valence electrons. The van der Waals surface area contributed by atoms with Crippen molar-refractivity contribution in [3.05, 3.63) is 18.0 Å². The average molecular weight is 184 g/mol. The van der Waals surface area contributed by atoms with Gasteiger partial charge in [-0.05, 0) is 12.5 Å². The lowest BCUT2D eigenvalue weighted by Crippen LogP contribution is -2.16. The molecule has 1 unspecified atom stereocenters. The number of aliphatic hydroxyl groups is 1. The number of nitrogens with zero attached hydrogens (tertiary/aromatic N) is 2. The summed E-state index contributed by atoms with van der Waals surface area (Å²) in [5, 5.41) is 21.7. The number of carboxylic acids is 1. The van der Waals surface area contributed by atoms with Crippen LogP contribution in [0.25, 0.3) is 0 Å². The van der Waals surface area contributed by atoms with Crippen LogP contribution in [-0.2, 0) is 11.3 Å². The Morgan fingerprint density at radius 2 is 2.46 bits per heavy atom. The first kappa shape index (κ1) is 9.73. The summed E-state index contributed by atoms with van der Waals surface area (Å²) in [6.45, 7) is 2.57. The molecule has 0 radical (unpaired) electrons. The van der Waals surface area contributed by atoms with E-state index < -0.39 is 12.1 Å². The number of rotatable bonds is 4. The third-order valence-electron chi connectivity index (χ3n) is 1.70. The van der Waals surface area contributed by atoms with Crippen molar-refractivity contribution in [2.45, 2.75) is 26.0 Å². The van der Waals surface area contributed by atoms with E-state index in [1.165, 1.54) is 16.9 Å². The molecule has 13 heavy (non-hydrogen) atoms. The Morgan fingerprint density at radius 1 is 1.77 bits per heavy atom. The van der Waals surface area contributed by atoms with E-state index in [1.807, 2.05) is 6.92 Å². The molecule has 0 saturated heterocycles. The summed E-state index contributed by atoms with van der Waals surface area (Å²) in [6.07, 6.45) is 0.854. The van der Waals surface area contributed by atoms with Crippen LogP contribution >= 0.6 is 0 Å². The maximum Gasteiger partial charge on any atom is 0.338 e. The molecule has 0 saturated carbocycles. The summed E-state index contributed by atoms with van der Waals surface area (Å²) < 4.78 is 1.50. The molecule has 5 heteroatoms. The topological polar surface area (TPSA) is 75.3 Å². The molecule has 1 heterocycles. The number of carboxylic acid groups (broad SMARTS) is 1. The molecule has 1 rings (SSSR count). The van der Waals surface area contributed by atoms with Gasteiger partial charge in [0.25, 0.3) is 0 Å². The summed E-state index contributed by atoms with van der Waals surface area (Å²) in [7, 11) is 0. The van der Waals surface area contributed by atoms with Gasteiger partial charge < -0.3 is 10.2 Å². The molecule has 1 aromatic rings. The third kappa shape index (κ3) is 2.06. The van der Waals surface area contributed by atoms with Gasteiger partial charge in [0, 0.05) is 12.7 Å². The fraction of sp³-hybridized carbons (Fsp3) is 0.500. The van der Waals surface area contributed by atoms with Crippen molar-refractivity contribution < 1.29 is 15.0 Å². The highest BCUT2D eigenvalue weighted by molar-refractivity contribution is 5.73. The molecule has 0 aromatic carbocycles. The first-order valence-electron chi connectivity index (χ1n) is 4.09. The molecular weight excluding hydrogens is 172 g/mol. The van der Waals surface area contributed by atoms with Crippen LogP contribution in [0.5, 0.6) is 0 Å². The van der Waals surface area contributed by atoms with Gasteiger partial charge in [-0.3, -0.25) is 4.68 Å². The maximum absolute atomic E-state index is 10.5. The van der Waals surface area contributed by atoms with Gasteiger partial charge in [-0.15, -0.1) is 0 Å². The van der Waals surface area contributed by atoms with Gasteiger partial charge in [0.2, 0.25) is 0 Å². The highest BCUT2D eigenvalue weighted by Crippen LogP contribution is 2.12. The van der Waals surface area contributed by atoms with Crippen LogP contribution in [0.15, 0.2) is 12.3 Å². The summed E-state index contributed by atoms with van der Waals surface area (Å²) in [5.74, 6) is -1.25. The molecule has 5 nitrogen and oxygen atoms in total. The van der Waals surface area contributed by atoms with Crippen LogP contribution < -0.4 is 0 Å². The number of aliphatic hydroxyl groups excluding tert-OH is 1. The second-order valence-corrected chi connectivity index (χ2v) is 2.72. The van der Waals surface area contributed by atoms with Gasteiger partial charge in [0.15, 0.2) is 6.10 Å². The first-order valence-corrected chi connectivity index (χ1v) is 4.09. The molecule has 1 atom stereocenters. The highest BCUT2D eigenvalue weighted by atomic mass is 16.4. The van der Waals surface area contributed by atoms with Crippen LogP contribution in [0.4, 0.5) is 0 Å². The lowest BCUT2D eigenvalue weighted by atomic mass is 10.2. The Hall–Kier alpha value is -1.36. The minimum Gasteiger partial charge on any atom is -0.479 e. The van der Waals surface area contributed by atoms with E-state index in [4.69, 9.17) is 5.11 Å². The second-order valence-electron chi connectivity index (χ2n) is 2.72. The molecule has 0 amide bonds. The van der Waals surface area contributed by atoms with Crippen LogP contribution in [0, 0.1) is 0 Å². The van der Waals surface area contributed by atoms with Crippen molar-refractivity contribution in [2.75, 3.05) is 0 Å². The SMILES string of the molecule is CCCn1nccc1C(O)C(=O)O. The van der Waals surface area contributed by atoms with Crippen molar-refractivity contribution in [3.8, 4) is 0 Å². The largest absolute Gasteiger partial charge is 0.479 e. The summed E-state index contributed by atoms with van der Waals surface area (Å²) in [5.41, 5.74) is 0.328. The maximum atomic E-state index is 10.5. The predicted molar refractivity (Wildman–Crippen MR) is 45.1 cm³/mol. The predicted octanol–water partition coefficient (Wildman–Crippen LogP) is 0.411. The average Bonchev–Trinajstić information content (AvgIpc) is 2.52. The van der Waals surface area contributed by atoms with Crippen molar-refractivity contribution in [2.24, 2.45) is 0 Å². The number of hydrogen-bond acceptors (Lipinski definition) is 3. The zero-order chi connectivity index (χ0) is 9.84. The molecule has 0 aliphatic carbocycles. The van der Waals surface area contributed by atoms with E-state index in [0.717, 1.165) is 6.42 Å². The Labute approximate surface area is 75.6 Å². The van der Waals surface area contributed by atoms with E-state index in [0.29, 0.717) is 12.2 Å². The number of aromatic nitrogens is 2. The Morgan fingerprint density at radius 3 is 3.00 bits per heavy atom. The van der Waals surface area contributed by atoms with Gasteiger partial charge >= 0.3 is 5.97 Å². The van der Waals surface area contributed by atoms with Crippen LogP contribution in [0.2, 0.25) is 0 Å². The van der Waals surface area contributed by atoms with Crippen molar-refractivity contribution in [1.29, 1.82) is 0 Å². The lowest BCUT2D eigenvalue weighted by Gasteiger charge is -2.08. The van der Waals surface area contributed by atoms with Gasteiger partial charge in [-0.2, -0.15) is 5.10 Å². The van der Waals surface area contributed by atoms with Crippen molar-refractivity contribution in [1.82, 2.24) is 9.78 Å². The van der Waals surface area contributed by atoms with Gasteiger partial charge in [0.05, 0.1) is 5.69 Å². The number of aryl methyl sites for hydroxylation is 1. The molecule has 0 aliphatic heterocycles. The van der Waals surface area contributed by atoms with Crippen LogP contribution in [0.1, 0.15) is 25.1 Å². The standard InChI is InChI=1S/C8H12N2O3/c1-2-5-10-6(3-4-9-10)7(11)8(12)13/h3-4,7,11H,2,5H2,1H3,(H,12,13). The van der Waals surface area contributed by atoms with E-state index >= 15 is 0 Å². The molecule has 0 bridgehead atoms. The van der Waals surface area contributed by atoms with Crippen molar-refractivity contribution in [3.63, 3.8) is 0 Å². The monoisotopic (exact) mass is 184 g/mol. The van der Waals surface area contributed by atoms with E-state index in [9.17, 15) is 9.90 Å². The lowest BCUT2D eigenvalue weighted by molar-refractivity contribution is -0.147. The highest BCUT2D eigenvalue weighted by Gasteiger charge is 2.19. The molecular formula is C8H12N2O3. The number of hydrogen-bond donors (Lipinski definition) is 2. The fourth-order valence-corrected chi connectivity index (χ4v) is 1.10. The molecule has 2 N–H and O–H groups in total. The minimum absolute atomic E-state index is 0.328. The number of carbonyl (C=O) groups is 1. The molecule has 0 spiro atoms. The van der Waals surface area contributed by atoms with Gasteiger partial charge in [0.1, 0.15) is 0 Å². The van der Waals surface area contributed by atoms with Crippen LogP contribution in [-0.4, -0.2) is 26.0 Å². The normalized spacial score (nSPS) is 12.8. The quantitative estimate of drug-likeness (QED) is 0.710. The van der Waals surface area contributed by atoms with Crippen LogP contribution in [0.3, 0.4) is 0 Å². The third-order valence-corrected chi connectivity index (χ3v) is 1.70. The summed E-state index contributed by atoms with van der Waals surface area (Å²) >= 11 is 0. The zero-order valence-electron chi connectivity index (χ0n) is 7.34.